The lowest BCUT2D eigenvalue weighted by Gasteiger charge is -2.36. The fraction of sp³-hybridized carbons (Fsp3) is 0.615. The molecule has 100 valence electrons. The van der Waals surface area contributed by atoms with E-state index in [2.05, 4.69) is 4.90 Å². The molecule has 1 aromatic heterocycles. The molecule has 4 nitrogen and oxygen atoms in total. The van der Waals surface area contributed by atoms with Gasteiger partial charge in [-0.3, -0.25) is 9.69 Å². The molecule has 0 saturated carbocycles. The third kappa shape index (κ3) is 3.17. The Morgan fingerprint density at radius 3 is 3.00 bits per heavy atom. The van der Waals surface area contributed by atoms with Crippen molar-refractivity contribution in [1.29, 1.82) is 0 Å². The highest BCUT2D eigenvalue weighted by atomic mass is 32.1. The molecule has 0 radical (unpaired) electrons. The number of ether oxygens (including phenoxy) is 1. The molecular weight excluding hydrogens is 250 g/mol. The van der Waals surface area contributed by atoms with Gasteiger partial charge < -0.3 is 9.84 Å². The van der Waals surface area contributed by atoms with Crippen LogP contribution in [0.15, 0.2) is 12.1 Å². The number of hydrogen-bond acceptors (Lipinski definition) is 5. The Morgan fingerprint density at radius 1 is 1.61 bits per heavy atom. The number of aryl methyl sites for hydroxylation is 1. The number of carbonyl (C=O) groups excluding carboxylic acids is 1. The van der Waals surface area contributed by atoms with Crippen LogP contribution < -0.4 is 0 Å². The molecule has 2 heterocycles. The van der Waals surface area contributed by atoms with Crippen LogP contribution in [-0.2, 0) is 4.74 Å². The first-order valence-electron chi connectivity index (χ1n) is 6.16. The number of carbonyl (C=O) groups is 1. The number of aliphatic hydroxyl groups is 1. The topological polar surface area (TPSA) is 49.8 Å². The van der Waals surface area contributed by atoms with Crippen LogP contribution in [0.5, 0.6) is 0 Å². The number of hydrogen-bond donors (Lipinski definition) is 1. The normalized spacial score (nSPS) is 25.3. The number of morpholine rings is 1. The number of ketones is 1. The van der Waals surface area contributed by atoms with E-state index in [0.717, 1.165) is 9.75 Å². The Labute approximate surface area is 111 Å². The second kappa shape index (κ2) is 5.93. The van der Waals surface area contributed by atoms with Crippen LogP contribution >= 0.6 is 11.3 Å². The first kappa shape index (κ1) is 13.7. The Morgan fingerprint density at radius 2 is 2.39 bits per heavy atom. The van der Waals surface area contributed by atoms with Crippen molar-refractivity contribution in [1.82, 2.24) is 4.90 Å². The molecule has 0 spiro atoms. The van der Waals surface area contributed by atoms with Gasteiger partial charge in [0.25, 0.3) is 0 Å². The summed E-state index contributed by atoms with van der Waals surface area (Å²) in [7, 11) is 0. The second-order valence-corrected chi connectivity index (χ2v) is 6.04. The molecule has 0 amide bonds. The van der Waals surface area contributed by atoms with Crippen molar-refractivity contribution < 1.29 is 14.6 Å². The fourth-order valence-electron chi connectivity index (χ4n) is 2.05. The van der Waals surface area contributed by atoms with Crippen LogP contribution in [0.25, 0.3) is 0 Å². The zero-order valence-corrected chi connectivity index (χ0v) is 11.6. The monoisotopic (exact) mass is 269 g/mol. The summed E-state index contributed by atoms with van der Waals surface area (Å²) in [5, 5.41) is 9.12. The van der Waals surface area contributed by atoms with Crippen molar-refractivity contribution in [2.45, 2.75) is 26.0 Å². The van der Waals surface area contributed by atoms with Crippen LogP contribution in [0, 0.1) is 6.92 Å². The van der Waals surface area contributed by atoms with Crippen molar-refractivity contribution in [3.63, 3.8) is 0 Å². The Balaban J connectivity index is 1.97. The Hall–Kier alpha value is -0.750. The minimum absolute atomic E-state index is 0.00945. The zero-order valence-electron chi connectivity index (χ0n) is 10.8. The molecule has 0 bridgehead atoms. The third-order valence-electron chi connectivity index (χ3n) is 3.20. The van der Waals surface area contributed by atoms with E-state index in [1.165, 1.54) is 11.3 Å². The molecular formula is C13H19NO3S. The summed E-state index contributed by atoms with van der Waals surface area (Å²) in [5.41, 5.74) is 0. The third-order valence-corrected chi connectivity index (χ3v) is 4.24. The van der Waals surface area contributed by atoms with Gasteiger partial charge in [-0.15, -0.1) is 11.3 Å². The zero-order chi connectivity index (χ0) is 13.1. The highest BCUT2D eigenvalue weighted by Crippen LogP contribution is 2.18. The number of rotatable bonds is 4. The van der Waals surface area contributed by atoms with E-state index in [0.29, 0.717) is 19.7 Å². The first-order chi connectivity index (χ1) is 8.60. The SMILES string of the molecule is Cc1ccc(C(=O)CN2CC(CO)OCC2C)s1. The van der Waals surface area contributed by atoms with Crippen LogP contribution in [0.2, 0.25) is 0 Å². The van der Waals surface area contributed by atoms with Crippen molar-refractivity contribution in [2.24, 2.45) is 0 Å². The molecule has 1 aromatic rings. The maximum absolute atomic E-state index is 12.1. The molecule has 1 aliphatic rings. The number of nitrogens with zero attached hydrogens (tertiary/aromatic N) is 1. The van der Waals surface area contributed by atoms with E-state index >= 15 is 0 Å². The van der Waals surface area contributed by atoms with Gasteiger partial charge in [-0.05, 0) is 26.0 Å². The van der Waals surface area contributed by atoms with Crippen molar-refractivity contribution >= 4 is 17.1 Å². The summed E-state index contributed by atoms with van der Waals surface area (Å²) in [4.78, 5) is 16.2. The molecule has 5 heteroatoms. The molecule has 1 saturated heterocycles. The summed E-state index contributed by atoms with van der Waals surface area (Å²) in [6, 6.07) is 4.08. The lowest BCUT2D eigenvalue weighted by atomic mass is 10.1. The van der Waals surface area contributed by atoms with E-state index in [4.69, 9.17) is 9.84 Å². The molecule has 1 fully saturated rings. The quantitative estimate of drug-likeness (QED) is 0.838. The first-order valence-corrected chi connectivity index (χ1v) is 6.98. The minimum Gasteiger partial charge on any atom is -0.394 e. The highest BCUT2D eigenvalue weighted by Gasteiger charge is 2.27. The van der Waals surface area contributed by atoms with Gasteiger partial charge in [0.15, 0.2) is 5.78 Å². The van der Waals surface area contributed by atoms with Crippen LogP contribution in [0.4, 0.5) is 0 Å². The largest absolute Gasteiger partial charge is 0.394 e. The number of Topliss-reactive ketones (excluding diaryl/α,β-unsaturated/α-hetero) is 1. The maximum Gasteiger partial charge on any atom is 0.186 e. The predicted octanol–water partition coefficient (Wildman–Crippen LogP) is 1.32. The fourth-order valence-corrected chi connectivity index (χ4v) is 2.85. The number of thiophene rings is 1. The molecule has 2 unspecified atom stereocenters. The van der Waals surface area contributed by atoms with Crippen LogP contribution in [-0.4, -0.2) is 54.2 Å². The van der Waals surface area contributed by atoms with Gasteiger partial charge in [0.05, 0.1) is 30.7 Å². The summed E-state index contributed by atoms with van der Waals surface area (Å²) in [5.74, 6) is 0.151. The van der Waals surface area contributed by atoms with Gasteiger partial charge in [-0.25, -0.2) is 0 Å². The summed E-state index contributed by atoms with van der Waals surface area (Å²) in [6.07, 6.45) is -0.168. The average molecular weight is 269 g/mol. The summed E-state index contributed by atoms with van der Waals surface area (Å²) < 4.78 is 5.46. The second-order valence-electron chi connectivity index (χ2n) is 4.75. The van der Waals surface area contributed by atoms with Gasteiger partial charge in [-0.2, -0.15) is 0 Å². The van der Waals surface area contributed by atoms with E-state index in [9.17, 15) is 4.79 Å². The predicted molar refractivity (Wildman–Crippen MR) is 71.2 cm³/mol. The smallest absolute Gasteiger partial charge is 0.186 e. The van der Waals surface area contributed by atoms with Gasteiger partial charge >= 0.3 is 0 Å². The molecule has 2 atom stereocenters. The summed E-state index contributed by atoms with van der Waals surface area (Å²) >= 11 is 1.54. The molecule has 1 aliphatic heterocycles. The van der Waals surface area contributed by atoms with Gasteiger partial charge in [0.2, 0.25) is 0 Å². The van der Waals surface area contributed by atoms with E-state index in [-0.39, 0.29) is 24.5 Å². The Bertz CT molecular complexity index is 418. The average Bonchev–Trinajstić information content (AvgIpc) is 2.79. The maximum atomic E-state index is 12.1. The standard InChI is InChI=1S/C13H19NO3S/c1-9-8-17-11(7-15)5-14(9)6-12(16)13-4-3-10(2)18-13/h3-4,9,11,15H,5-8H2,1-2H3. The Kier molecular flexibility index (Phi) is 4.50. The van der Waals surface area contributed by atoms with Crippen molar-refractivity contribution in [3.8, 4) is 0 Å². The molecule has 0 aromatic carbocycles. The molecule has 18 heavy (non-hydrogen) atoms. The number of aliphatic hydroxyl groups excluding tert-OH is 1. The molecule has 1 N–H and O–H groups in total. The van der Waals surface area contributed by atoms with E-state index < -0.39 is 0 Å². The van der Waals surface area contributed by atoms with Gasteiger partial charge in [0, 0.05) is 17.5 Å². The van der Waals surface area contributed by atoms with Crippen LogP contribution in [0.3, 0.4) is 0 Å². The highest BCUT2D eigenvalue weighted by molar-refractivity contribution is 7.14. The van der Waals surface area contributed by atoms with Crippen LogP contribution in [0.1, 0.15) is 21.5 Å². The lowest BCUT2D eigenvalue weighted by Crippen LogP contribution is -2.51. The van der Waals surface area contributed by atoms with E-state index in [1.54, 1.807) is 0 Å². The minimum atomic E-state index is -0.168. The molecule has 2 rings (SSSR count). The van der Waals surface area contributed by atoms with Gasteiger partial charge in [-0.1, -0.05) is 0 Å². The molecule has 0 aliphatic carbocycles. The van der Waals surface area contributed by atoms with Crippen molar-refractivity contribution in [2.75, 3.05) is 26.3 Å². The van der Waals surface area contributed by atoms with E-state index in [1.807, 2.05) is 26.0 Å². The van der Waals surface area contributed by atoms with Gasteiger partial charge in [0.1, 0.15) is 0 Å². The summed E-state index contributed by atoms with van der Waals surface area (Å²) in [6.45, 7) is 5.65. The van der Waals surface area contributed by atoms with Crippen molar-refractivity contribution in [3.05, 3.63) is 21.9 Å². The lowest BCUT2D eigenvalue weighted by molar-refractivity contribution is -0.0747.